The third kappa shape index (κ3) is 4.03. The van der Waals surface area contributed by atoms with Crippen LogP contribution in [0.4, 0.5) is 17.5 Å². The van der Waals surface area contributed by atoms with Gasteiger partial charge < -0.3 is 10.2 Å². The molecule has 6 heteroatoms. The highest BCUT2D eigenvalue weighted by molar-refractivity contribution is 5.94. The largest absolute Gasteiger partial charge is 0.339 e. The number of hydrogen-bond acceptors (Lipinski definition) is 6. The van der Waals surface area contributed by atoms with E-state index in [2.05, 4.69) is 25.4 Å². The van der Waals surface area contributed by atoms with E-state index in [-0.39, 0.29) is 5.78 Å². The number of nitrogens with one attached hydrogen (secondary N) is 1. The number of carbonyl (C=O) groups is 1. The minimum Gasteiger partial charge on any atom is -0.339 e. The number of benzene rings is 1. The van der Waals surface area contributed by atoms with Gasteiger partial charge >= 0.3 is 0 Å². The normalized spacial score (nSPS) is 15.1. The Morgan fingerprint density at radius 2 is 1.78 bits per heavy atom. The van der Waals surface area contributed by atoms with Crippen molar-refractivity contribution in [3.05, 3.63) is 36.0 Å². The van der Waals surface area contributed by atoms with E-state index >= 15 is 0 Å². The van der Waals surface area contributed by atoms with Crippen LogP contribution < -0.4 is 10.2 Å². The van der Waals surface area contributed by atoms with Crippen LogP contribution in [0.25, 0.3) is 0 Å². The van der Waals surface area contributed by atoms with E-state index in [9.17, 15) is 4.79 Å². The van der Waals surface area contributed by atoms with E-state index in [0.717, 1.165) is 18.8 Å². The summed E-state index contributed by atoms with van der Waals surface area (Å²) in [6, 6.07) is 7.33. The molecule has 0 bridgehead atoms. The molecule has 0 spiro atoms. The zero-order valence-corrected chi connectivity index (χ0v) is 13.3. The third-order valence-electron chi connectivity index (χ3n) is 4.00. The Kier molecular flexibility index (Phi) is 4.80. The third-order valence-corrected chi connectivity index (χ3v) is 4.00. The molecule has 2 aromatic rings. The quantitative estimate of drug-likeness (QED) is 0.874. The van der Waals surface area contributed by atoms with E-state index in [0.29, 0.717) is 17.3 Å². The van der Waals surface area contributed by atoms with Gasteiger partial charge in [-0.25, -0.2) is 0 Å². The monoisotopic (exact) mass is 311 g/mol. The van der Waals surface area contributed by atoms with Crippen molar-refractivity contribution < 1.29 is 4.79 Å². The number of ketones is 1. The average Bonchev–Trinajstić information content (AvgIpc) is 2.85. The van der Waals surface area contributed by atoms with Crippen molar-refractivity contribution in [3.63, 3.8) is 0 Å². The molecule has 1 aromatic heterocycles. The van der Waals surface area contributed by atoms with Crippen LogP contribution in [0.1, 0.15) is 43.0 Å². The van der Waals surface area contributed by atoms with Gasteiger partial charge in [0.2, 0.25) is 5.95 Å². The van der Waals surface area contributed by atoms with Crippen molar-refractivity contribution in [1.82, 2.24) is 15.2 Å². The molecule has 23 heavy (non-hydrogen) atoms. The Morgan fingerprint density at radius 3 is 2.43 bits per heavy atom. The summed E-state index contributed by atoms with van der Waals surface area (Å²) in [7, 11) is 0. The lowest BCUT2D eigenvalue weighted by Gasteiger charge is -2.19. The van der Waals surface area contributed by atoms with Crippen LogP contribution >= 0.6 is 0 Å². The van der Waals surface area contributed by atoms with E-state index in [1.807, 2.05) is 12.1 Å². The van der Waals surface area contributed by atoms with Crippen LogP contribution in [0.2, 0.25) is 0 Å². The predicted molar refractivity (Wildman–Crippen MR) is 90.2 cm³/mol. The van der Waals surface area contributed by atoms with Gasteiger partial charge in [0.15, 0.2) is 11.6 Å². The van der Waals surface area contributed by atoms with Crippen molar-refractivity contribution in [2.24, 2.45) is 0 Å². The van der Waals surface area contributed by atoms with Gasteiger partial charge in [0.25, 0.3) is 0 Å². The Bertz CT molecular complexity index is 663. The number of nitrogens with zero attached hydrogens (tertiary/aromatic N) is 4. The summed E-state index contributed by atoms with van der Waals surface area (Å²) in [4.78, 5) is 18.1. The molecule has 0 radical (unpaired) electrons. The summed E-state index contributed by atoms with van der Waals surface area (Å²) in [5, 5.41) is 11.4. The number of rotatable bonds is 4. The zero-order chi connectivity index (χ0) is 16.1. The van der Waals surface area contributed by atoms with Crippen molar-refractivity contribution in [1.29, 1.82) is 0 Å². The fourth-order valence-corrected chi connectivity index (χ4v) is 2.70. The zero-order valence-electron chi connectivity index (χ0n) is 13.3. The van der Waals surface area contributed by atoms with E-state index in [4.69, 9.17) is 0 Å². The summed E-state index contributed by atoms with van der Waals surface area (Å²) in [6.45, 7) is 3.53. The fraction of sp³-hybridized carbons (Fsp3) is 0.412. The fourth-order valence-electron chi connectivity index (χ4n) is 2.70. The Hall–Kier alpha value is -2.50. The van der Waals surface area contributed by atoms with E-state index in [1.165, 1.54) is 25.7 Å². The van der Waals surface area contributed by atoms with Crippen molar-refractivity contribution >= 4 is 23.2 Å². The van der Waals surface area contributed by atoms with E-state index in [1.54, 1.807) is 25.3 Å². The van der Waals surface area contributed by atoms with Gasteiger partial charge in [0.05, 0.1) is 6.20 Å². The first-order valence-electron chi connectivity index (χ1n) is 8.05. The van der Waals surface area contributed by atoms with Crippen LogP contribution in [0, 0.1) is 0 Å². The second kappa shape index (κ2) is 7.17. The Balaban J connectivity index is 1.72. The molecule has 1 fully saturated rings. The minimum atomic E-state index is 0.0590. The number of hydrogen-bond donors (Lipinski definition) is 1. The number of Topliss-reactive ketones (excluding diaryl/α,β-unsaturated/α-hetero) is 1. The standard InChI is InChI=1S/C17H21N5O/c1-13(23)14-6-8-15(9-7-14)19-16-12-18-21-17(20-16)22-10-4-2-3-5-11-22/h6-9,12H,2-5,10-11H2,1H3,(H,19,20,21). The molecule has 1 N–H and O–H groups in total. The number of anilines is 3. The molecule has 2 heterocycles. The molecule has 0 unspecified atom stereocenters. The predicted octanol–water partition coefficient (Wildman–Crippen LogP) is 3.20. The highest BCUT2D eigenvalue weighted by Crippen LogP contribution is 2.19. The molecule has 1 aromatic carbocycles. The van der Waals surface area contributed by atoms with E-state index < -0.39 is 0 Å². The smallest absolute Gasteiger partial charge is 0.247 e. The van der Waals surface area contributed by atoms with Crippen molar-refractivity contribution in [2.45, 2.75) is 32.6 Å². The molecular weight excluding hydrogens is 290 g/mol. The Labute approximate surface area is 136 Å². The lowest BCUT2D eigenvalue weighted by Crippen LogP contribution is -2.26. The molecule has 1 saturated heterocycles. The molecule has 1 aliphatic heterocycles. The van der Waals surface area contributed by atoms with Gasteiger partial charge in [0, 0.05) is 24.3 Å². The number of aromatic nitrogens is 3. The molecule has 3 rings (SSSR count). The molecule has 6 nitrogen and oxygen atoms in total. The van der Waals surface area contributed by atoms with Gasteiger partial charge in [-0.1, -0.05) is 12.8 Å². The van der Waals surface area contributed by atoms with Crippen molar-refractivity contribution in [3.8, 4) is 0 Å². The maximum atomic E-state index is 11.3. The summed E-state index contributed by atoms with van der Waals surface area (Å²) < 4.78 is 0. The SMILES string of the molecule is CC(=O)c1ccc(Nc2cnnc(N3CCCCCC3)n2)cc1. The topological polar surface area (TPSA) is 71.0 Å². The summed E-state index contributed by atoms with van der Waals surface area (Å²) in [5.74, 6) is 1.40. The van der Waals surface area contributed by atoms with Crippen LogP contribution in [0.15, 0.2) is 30.5 Å². The maximum absolute atomic E-state index is 11.3. The second-order valence-corrected chi connectivity index (χ2v) is 5.80. The van der Waals surface area contributed by atoms with Crippen LogP contribution in [-0.2, 0) is 0 Å². The molecular formula is C17H21N5O. The first-order chi connectivity index (χ1) is 11.2. The summed E-state index contributed by atoms with van der Waals surface area (Å²) in [6.07, 6.45) is 6.50. The highest BCUT2D eigenvalue weighted by atomic mass is 16.1. The molecule has 120 valence electrons. The van der Waals surface area contributed by atoms with Crippen LogP contribution in [0.5, 0.6) is 0 Å². The van der Waals surface area contributed by atoms with Crippen LogP contribution in [0.3, 0.4) is 0 Å². The Morgan fingerprint density at radius 1 is 1.09 bits per heavy atom. The van der Waals surface area contributed by atoms with Gasteiger partial charge in [-0.05, 0) is 44.0 Å². The number of carbonyl (C=O) groups excluding carboxylic acids is 1. The minimum absolute atomic E-state index is 0.0590. The van der Waals surface area contributed by atoms with Gasteiger partial charge in [-0.2, -0.15) is 10.1 Å². The first-order valence-corrected chi connectivity index (χ1v) is 8.05. The lowest BCUT2D eigenvalue weighted by atomic mass is 10.1. The second-order valence-electron chi connectivity index (χ2n) is 5.80. The molecule has 0 amide bonds. The summed E-state index contributed by atoms with van der Waals surface area (Å²) in [5.41, 5.74) is 1.57. The molecule has 1 aliphatic rings. The summed E-state index contributed by atoms with van der Waals surface area (Å²) >= 11 is 0. The highest BCUT2D eigenvalue weighted by Gasteiger charge is 2.13. The van der Waals surface area contributed by atoms with Gasteiger partial charge in [-0.3, -0.25) is 4.79 Å². The lowest BCUT2D eigenvalue weighted by molar-refractivity contribution is 0.101. The maximum Gasteiger partial charge on any atom is 0.247 e. The molecule has 0 atom stereocenters. The van der Waals surface area contributed by atoms with Gasteiger partial charge in [0.1, 0.15) is 0 Å². The molecule has 0 saturated carbocycles. The van der Waals surface area contributed by atoms with Gasteiger partial charge in [-0.15, -0.1) is 5.10 Å². The van der Waals surface area contributed by atoms with Crippen LogP contribution in [-0.4, -0.2) is 34.1 Å². The average molecular weight is 311 g/mol. The van der Waals surface area contributed by atoms with Crippen molar-refractivity contribution in [2.75, 3.05) is 23.3 Å². The first kappa shape index (κ1) is 15.4. The molecule has 0 aliphatic carbocycles.